The summed E-state index contributed by atoms with van der Waals surface area (Å²) in [5, 5.41) is 9.78. The second-order valence-electron chi connectivity index (χ2n) is 3.76. The molecule has 82 valence electrons. The molecular formula is C9H14N4O2. The van der Waals surface area contributed by atoms with Crippen molar-refractivity contribution < 1.29 is 9.59 Å². The van der Waals surface area contributed by atoms with E-state index in [2.05, 4.69) is 21.2 Å². The Bertz CT molecular complexity index is 307. The van der Waals surface area contributed by atoms with Gasteiger partial charge in [0.15, 0.2) is 0 Å². The Morgan fingerprint density at radius 1 is 1.47 bits per heavy atom. The fourth-order valence-corrected chi connectivity index (χ4v) is 1.68. The minimum atomic E-state index is -0.163. The minimum Gasteiger partial charge on any atom is -0.347 e. The van der Waals surface area contributed by atoms with Gasteiger partial charge in [-0.05, 0) is 13.0 Å². The molecule has 2 aliphatic rings. The van der Waals surface area contributed by atoms with Gasteiger partial charge in [0.1, 0.15) is 5.71 Å². The molecule has 2 aliphatic heterocycles. The van der Waals surface area contributed by atoms with E-state index in [-0.39, 0.29) is 17.9 Å². The predicted octanol–water partition coefficient (Wildman–Crippen LogP) is -1.27. The van der Waals surface area contributed by atoms with Crippen molar-refractivity contribution >= 4 is 17.5 Å². The highest BCUT2D eigenvalue weighted by Crippen LogP contribution is 2.02. The zero-order chi connectivity index (χ0) is 10.7. The van der Waals surface area contributed by atoms with E-state index >= 15 is 0 Å². The van der Waals surface area contributed by atoms with Gasteiger partial charge >= 0.3 is 0 Å². The number of hydrogen-bond acceptors (Lipinski definition) is 4. The normalized spacial score (nSPS) is 25.7. The molecule has 0 unspecified atom stereocenters. The predicted molar refractivity (Wildman–Crippen MR) is 54.2 cm³/mol. The molecule has 15 heavy (non-hydrogen) atoms. The van der Waals surface area contributed by atoms with E-state index in [9.17, 15) is 9.59 Å². The third-order valence-corrected chi connectivity index (χ3v) is 2.56. The third-order valence-electron chi connectivity index (χ3n) is 2.56. The van der Waals surface area contributed by atoms with Gasteiger partial charge in [0.05, 0.1) is 0 Å². The number of rotatable bonds is 2. The summed E-state index contributed by atoms with van der Waals surface area (Å²) >= 11 is 0. The molecule has 6 nitrogen and oxygen atoms in total. The number of carbonyl (C=O) groups excluding carboxylic acids is 2. The Labute approximate surface area is 87.5 Å². The van der Waals surface area contributed by atoms with E-state index in [1.54, 1.807) is 0 Å². The van der Waals surface area contributed by atoms with Crippen molar-refractivity contribution in [2.24, 2.45) is 5.10 Å². The summed E-state index contributed by atoms with van der Waals surface area (Å²) in [6.45, 7) is 1.75. The van der Waals surface area contributed by atoms with E-state index in [1.807, 2.05) is 0 Å². The van der Waals surface area contributed by atoms with Crippen LogP contribution in [0.3, 0.4) is 0 Å². The summed E-state index contributed by atoms with van der Waals surface area (Å²) in [6.07, 6.45) is 1.72. The highest BCUT2D eigenvalue weighted by molar-refractivity contribution is 6.39. The second kappa shape index (κ2) is 4.39. The number of nitrogens with one attached hydrogen (secondary N) is 3. The quantitative estimate of drug-likeness (QED) is 0.531. The smallest absolute Gasteiger partial charge is 0.267 e. The Balaban J connectivity index is 1.87. The molecule has 2 heterocycles. The number of carbonyl (C=O) groups is 2. The molecule has 0 aliphatic carbocycles. The van der Waals surface area contributed by atoms with Crippen LogP contribution in [-0.4, -0.2) is 36.7 Å². The molecule has 6 heteroatoms. The molecule has 3 N–H and O–H groups in total. The van der Waals surface area contributed by atoms with E-state index in [0.29, 0.717) is 18.6 Å². The summed E-state index contributed by atoms with van der Waals surface area (Å²) in [4.78, 5) is 22.5. The van der Waals surface area contributed by atoms with Crippen LogP contribution in [-0.2, 0) is 9.59 Å². The summed E-state index contributed by atoms with van der Waals surface area (Å²) in [7, 11) is 0. The van der Waals surface area contributed by atoms with Crippen molar-refractivity contribution in [2.45, 2.75) is 25.3 Å². The van der Waals surface area contributed by atoms with Crippen LogP contribution >= 0.6 is 0 Å². The lowest BCUT2D eigenvalue weighted by molar-refractivity contribution is -0.121. The van der Waals surface area contributed by atoms with Crippen LogP contribution in [0.1, 0.15) is 19.3 Å². The maximum Gasteiger partial charge on any atom is 0.267 e. The first-order chi connectivity index (χ1) is 7.25. The van der Waals surface area contributed by atoms with Gasteiger partial charge in [-0.15, -0.1) is 0 Å². The van der Waals surface area contributed by atoms with E-state index in [0.717, 1.165) is 19.5 Å². The first-order valence-electron chi connectivity index (χ1n) is 5.12. The molecule has 0 saturated carbocycles. The molecule has 1 saturated heterocycles. The van der Waals surface area contributed by atoms with Crippen molar-refractivity contribution in [1.29, 1.82) is 0 Å². The zero-order valence-corrected chi connectivity index (χ0v) is 8.38. The molecule has 0 radical (unpaired) electrons. The summed E-state index contributed by atoms with van der Waals surface area (Å²) in [5.74, 6) is -0.294. The van der Waals surface area contributed by atoms with Crippen molar-refractivity contribution in [3.63, 3.8) is 0 Å². The third kappa shape index (κ3) is 2.53. The van der Waals surface area contributed by atoms with E-state index in [4.69, 9.17) is 0 Å². The Morgan fingerprint density at radius 3 is 2.93 bits per heavy atom. The molecule has 2 amide bonds. The first kappa shape index (κ1) is 10.1. The van der Waals surface area contributed by atoms with Crippen molar-refractivity contribution in [3.05, 3.63) is 0 Å². The van der Waals surface area contributed by atoms with Crippen molar-refractivity contribution in [2.75, 3.05) is 13.1 Å². The number of hydrogen-bond donors (Lipinski definition) is 3. The topological polar surface area (TPSA) is 82.6 Å². The molecular weight excluding hydrogens is 196 g/mol. The molecule has 0 aromatic rings. The lowest BCUT2D eigenvalue weighted by Gasteiger charge is -2.14. The fraction of sp³-hybridized carbons (Fsp3) is 0.667. The second-order valence-corrected chi connectivity index (χ2v) is 3.76. The lowest BCUT2D eigenvalue weighted by Crippen LogP contribution is -2.42. The lowest BCUT2D eigenvalue weighted by atomic mass is 10.1. The standard InChI is InChI=1S/C9H14N4O2/c14-8-2-1-7(12-13-8)9(15)11-6-3-4-10-5-6/h6,10H,1-5H2,(H,11,15)(H,13,14)/t6-/m1/s1. The van der Waals surface area contributed by atoms with Crippen LogP contribution in [0.25, 0.3) is 0 Å². The summed E-state index contributed by atoms with van der Waals surface area (Å²) in [5.41, 5.74) is 2.73. The Kier molecular flexibility index (Phi) is 2.96. The highest BCUT2D eigenvalue weighted by atomic mass is 16.2. The summed E-state index contributed by atoms with van der Waals surface area (Å²) < 4.78 is 0. The van der Waals surface area contributed by atoms with Gasteiger partial charge in [0.2, 0.25) is 5.91 Å². The Morgan fingerprint density at radius 2 is 2.33 bits per heavy atom. The van der Waals surface area contributed by atoms with Crippen LogP contribution in [0.2, 0.25) is 0 Å². The zero-order valence-electron chi connectivity index (χ0n) is 8.38. The first-order valence-corrected chi connectivity index (χ1v) is 5.12. The van der Waals surface area contributed by atoms with E-state index in [1.165, 1.54) is 0 Å². The maximum atomic E-state index is 11.6. The number of amides is 2. The van der Waals surface area contributed by atoms with Gasteiger partial charge in [-0.3, -0.25) is 9.59 Å². The van der Waals surface area contributed by atoms with E-state index < -0.39 is 0 Å². The van der Waals surface area contributed by atoms with Gasteiger partial charge < -0.3 is 10.6 Å². The van der Waals surface area contributed by atoms with Gasteiger partial charge in [-0.1, -0.05) is 0 Å². The van der Waals surface area contributed by atoms with Crippen LogP contribution in [0.4, 0.5) is 0 Å². The van der Waals surface area contributed by atoms with Gasteiger partial charge in [0.25, 0.3) is 5.91 Å². The van der Waals surface area contributed by atoms with Gasteiger partial charge in [-0.25, -0.2) is 5.43 Å². The van der Waals surface area contributed by atoms with Crippen LogP contribution < -0.4 is 16.1 Å². The average Bonchev–Trinajstić information content (AvgIpc) is 2.71. The van der Waals surface area contributed by atoms with Gasteiger partial charge in [0, 0.05) is 25.4 Å². The largest absolute Gasteiger partial charge is 0.347 e. The van der Waals surface area contributed by atoms with Crippen molar-refractivity contribution in [1.82, 2.24) is 16.1 Å². The van der Waals surface area contributed by atoms with Gasteiger partial charge in [-0.2, -0.15) is 5.10 Å². The molecule has 0 bridgehead atoms. The molecule has 0 aromatic heterocycles. The molecule has 1 fully saturated rings. The molecule has 0 spiro atoms. The van der Waals surface area contributed by atoms with Crippen LogP contribution in [0, 0.1) is 0 Å². The monoisotopic (exact) mass is 210 g/mol. The number of nitrogens with zero attached hydrogens (tertiary/aromatic N) is 1. The Hall–Kier alpha value is -1.43. The van der Waals surface area contributed by atoms with Crippen LogP contribution in [0.5, 0.6) is 0 Å². The molecule has 1 atom stereocenters. The number of hydrazone groups is 1. The molecule has 2 rings (SSSR count). The maximum absolute atomic E-state index is 11.6. The average molecular weight is 210 g/mol. The fourth-order valence-electron chi connectivity index (χ4n) is 1.68. The molecule has 0 aromatic carbocycles. The van der Waals surface area contributed by atoms with Crippen LogP contribution in [0.15, 0.2) is 5.10 Å². The summed E-state index contributed by atoms with van der Waals surface area (Å²) in [6, 6.07) is 0.192. The SMILES string of the molecule is O=C1CCC(C(=O)N[C@@H]2CCNC2)=NN1. The highest BCUT2D eigenvalue weighted by Gasteiger charge is 2.22. The van der Waals surface area contributed by atoms with Crippen molar-refractivity contribution in [3.8, 4) is 0 Å². The minimum absolute atomic E-state index is 0.130.